The first-order valence-corrected chi connectivity index (χ1v) is 6.79. The van der Waals surface area contributed by atoms with Crippen molar-refractivity contribution in [3.8, 4) is 11.5 Å². The van der Waals surface area contributed by atoms with Gasteiger partial charge in [0.25, 0.3) is 0 Å². The maximum atomic E-state index is 5.97. The molecular weight excluding hydrogens is 252 g/mol. The lowest BCUT2D eigenvalue weighted by molar-refractivity contribution is 0.355. The van der Waals surface area contributed by atoms with Gasteiger partial charge in [0.05, 0.1) is 19.7 Å². The minimum atomic E-state index is -0.0802. The van der Waals surface area contributed by atoms with Gasteiger partial charge < -0.3 is 19.8 Å². The number of aromatic nitrogens is 1. The number of nitrogens with zero attached hydrogens (tertiary/aromatic N) is 1. The van der Waals surface area contributed by atoms with Crippen LogP contribution in [0.4, 0.5) is 0 Å². The lowest BCUT2D eigenvalue weighted by atomic mass is 9.83. The molecule has 1 heterocycles. The third kappa shape index (κ3) is 2.04. The van der Waals surface area contributed by atoms with Gasteiger partial charge in [-0.25, -0.2) is 0 Å². The van der Waals surface area contributed by atoms with Crippen molar-refractivity contribution in [1.29, 1.82) is 0 Å². The third-order valence-electron chi connectivity index (χ3n) is 4.18. The molecule has 0 radical (unpaired) electrons. The van der Waals surface area contributed by atoms with Crippen molar-refractivity contribution < 1.29 is 9.47 Å². The quantitative estimate of drug-likeness (QED) is 0.934. The van der Waals surface area contributed by atoms with Crippen molar-refractivity contribution in [3.05, 3.63) is 23.4 Å². The molecule has 0 aliphatic carbocycles. The Balaban J connectivity index is 2.86. The topological polar surface area (TPSA) is 49.4 Å². The number of benzene rings is 1. The number of hydrogen-bond donors (Lipinski definition) is 1. The van der Waals surface area contributed by atoms with E-state index in [1.54, 1.807) is 14.2 Å². The summed E-state index contributed by atoms with van der Waals surface area (Å²) in [5, 5.41) is 1.18. The molecule has 0 aliphatic rings. The van der Waals surface area contributed by atoms with Crippen LogP contribution in [0, 0.1) is 6.92 Å². The molecule has 1 aromatic heterocycles. The molecule has 20 heavy (non-hydrogen) atoms. The highest BCUT2D eigenvalue weighted by Crippen LogP contribution is 2.40. The van der Waals surface area contributed by atoms with Gasteiger partial charge in [0.2, 0.25) is 0 Å². The van der Waals surface area contributed by atoms with Crippen molar-refractivity contribution in [3.63, 3.8) is 0 Å². The van der Waals surface area contributed by atoms with Gasteiger partial charge in [-0.05, 0) is 18.6 Å². The van der Waals surface area contributed by atoms with E-state index >= 15 is 0 Å². The molecule has 0 atom stereocenters. The van der Waals surface area contributed by atoms with Crippen LogP contribution in [-0.2, 0) is 12.5 Å². The van der Waals surface area contributed by atoms with Crippen LogP contribution in [0.2, 0.25) is 0 Å². The molecule has 110 valence electrons. The van der Waals surface area contributed by atoms with Crippen LogP contribution in [0.15, 0.2) is 12.1 Å². The highest BCUT2D eigenvalue weighted by atomic mass is 16.5. The van der Waals surface area contributed by atoms with Gasteiger partial charge in [-0.1, -0.05) is 13.8 Å². The molecule has 0 bridgehead atoms. The summed E-state index contributed by atoms with van der Waals surface area (Å²) in [4.78, 5) is 0. The normalized spacial score (nSPS) is 11.9. The molecule has 0 spiro atoms. The van der Waals surface area contributed by atoms with E-state index in [1.165, 1.54) is 16.6 Å². The number of hydrogen-bond acceptors (Lipinski definition) is 3. The van der Waals surface area contributed by atoms with Crippen molar-refractivity contribution >= 4 is 10.9 Å². The first kappa shape index (κ1) is 14.7. The van der Waals surface area contributed by atoms with Gasteiger partial charge in [-0.15, -0.1) is 0 Å². The van der Waals surface area contributed by atoms with Crippen LogP contribution >= 0.6 is 0 Å². The molecule has 2 aromatic rings. The second-order valence-electron chi connectivity index (χ2n) is 5.83. The molecule has 0 fully saturated rings. The molecule has 1 aromatic carbocycles. The average molecular weight is 276 g/mol. The predicted octanol–water partition coefficient (Wildman–Crippen LogP) is 2.74. The molecule has 0 aliphatic heterocycles. The maximum Gasteiger partial charge on any atom is 0.162 e. The summed E-state index contributed by atoms with van der Waals surface area (Å²) < 4.78 is 13.0. The van der Waals surface area contributed by atoms with Crippen molar-refractivity contribution in [2.45, 2.75) is 26.2 Å². The van der Waals surface area contributed by atoms with Gasteiger partial charge in [0.15, 0.2) is 11.5 Å². The van der Waals surface area contributed by atoms with Crippen LogP contribution in [0.25, 0.3) is 10.9 Å². The Hall–Kier alpha value is -1.68. The number of methoxy groups -OCH3 is 2. The van der Waals surface area contributed by atoms with E-state index < -0.39 is 0 Å². The first-order valence-electron chi connectivity index (χ1n) is 6.79. The molecule has 0 saturated heterocycles. The Bertz CT molecular complexity index is 642. The molecular formula is C16H24N2O2. The maximum absolute atomic E-state index is 5.97. The SMILES string of the molecule is COc1cc2c(C(C)(C)CN)c(C)n(C)c2cc1OC. The summed E-state index contributed by atoms with van der Waals surface area (Å²) in [6, 6.07) is 4.07. The Labute approximate surface area is 120 Å². The fourth-order valence-electron chi connectivity index (χ4n) is 2.85. The van der Waals surface area contributed by atoms with Crippen LogP contribution in [0.1, 0.15) is 25.1 Å². The second-order valence-corrected chi connectivity index (χ2v) is 5.83. The average Bonchev–Trinajstić information content (AvgIpc) is 2.69. The van der Waals surface area contributed by atoms with E-state index in [2.05, 4.69) is 32.4 Å². The van der Waals surface area contributed by atoms with E-state index in [0.29, 0.717) is 6.54 Å². The summed E-state index contributed by atoms with van der Waals surface area (Å²) >= 11 is 0. The summed E-state index contributed by atoms with van der Waals surface area (Å²) in [6.45, 7) is 7.07. The van der Waals surface area contributed by atoms with Crippen LogP contribution in [0.5, 0.6) is 11.5 Å². The number of rotatable bonds is 4. The molecule has 0 saturated carbocycles. The zero-order chi connectivity index (χ0) is 15.1. The van der Waals surface area contributed by atoms with E-state index in [0.717, 1.165) is 17.0 Å². The number of aryl methyl sites for hydroxylation is 1. The smallest absolute Gasteiger partial charge is 0.162 e. The summed E-state index contributed by atoms with van der Waals surface area (Å²) in [5.74, 6) is 1.50. The van der Waals surface area contributed by atoms with E-state index in [1.807, 2.05) is 12.1 Å². The summed E-state index contributed by atoms with van der Waals surface area (Å²) in [5.41, 5.74) is 9.53. The zero-order valence-electron chi connectivity index (χ0n) is 13.2. The van der Waals surface area contributed by atoms with Crippen molar-refractivity contribution in [2.75, 3.05) is 20.8 Å². The van der Waals surface area contributed by atoms with E-state index in [-0.39, 0.29) is 5.41 Å². The predicted molar refractivity (Wildman–Crippen MR) is 82.8 cm³/mol. The van der Waals surface area contributed by atoms with Crippen molar-refractivity contribution in [2.24, 2.45) is 12.8 Å². The number of ether oxygens (including phenoxy) is 2. The molecule has 2 rings (SSSR count). The lowest BCUT2D eigenvalue weighted by Gasteiger charge is -2.24. The fraction of sp³-hybridized carbons (Fsp3) is 0.500. The van der Waals surface area contributed by atoms with Gasteiger partial charge >= 0.3 is 0 Å². The standard InChI is InChI=1S/C16H24N2O2/c1-10-15(16(2,3)9-17)11-7-13(19-5)14(20-6)8-12(11)18(10)4/h7-8H,9,17H2,1-6H3. The molecule has 4 heteroatoms. The monoisotopic (exact) mass is 276 g/mol. The van der Waals surface area contributed by atoms with E-state index in [9.17, 15) is 0 Å². The first-order chi connectivity index (χ1) is 9.37. The molecule has 0 unspecified atom stereocenters. The minimum absolute atomic E-state index is 0.0802. The highest BCUT2D eigenvalue weighted by molar-refractivity contribution is 5.89. The van der Waals surface area contributed by atoms with Gasteiger partial charge in [0, 0.05) is 36.2 Å². The minimum Gasteiger partial charge on any atom is -0.493 e. The van der Waals surface area contributed by atoms with Crippen LogP contribution < -0.4 is 15.2 Å². The Kier molecular flexibility index (Phi) is 3.69. The van der Waals surface area contributed by atoms with E-state index in [4.69, 9.17) is 15.2 Å². The zero-order valence-corrected chi connectivity index (χ0v) is 13.2. The van der Waals surface area contributed by atoms with Gasteiger partial charge in [-0.2, -0.15) is 0 Å². The van der Waals surface area contributed by atoms with Crippen LogP contribution in [-0.4, -0.2) is 25.3 Å². The molecule has 4 nitrogen and oxygen atoms in total. The number of nitrogens with two attached hydrogens (primary N) is 1. The summed E-state index contributed by atoms with van der Waals surface area (Å²) in [6.07, 6.45) is 0. The third-order valence-corrected chi connectivity index (χ3v) is 4.18. The van der Waals surface area contributed by atoms with Gasteiger partial charge in [-0.3, -0.25) is 0 Å². The second kappa shape index (κ2) is 5.02. The molecule has 2 N–H and O–H groups in total. The van der Waals surface area contributed by atoms with Crippen LogP contribution in [0.3, 0.4) is 0 Å². The summed E-state index contributed by atoms with van der Waals surface area (Å²) in [7, 11) is 5.39. The molecule has 0 amide bonds. The Morgan fingerprint density at radius 1 is 1.15 bits per heavy atom. The largest absolute Gasteiger partial charge is 0.493 e. The fourth-order valence-corrected chi connectivity index (χ4v) is 2.85. The highest BCUT2D eigenvalue weighted by Gasteiger charge is 2.27. The Morgan fingerprint density at radius 2 is 1.70 bits per heavy atom. The lowest BCUT2D eigenvalue weighted by Crippen LogP contribution is -2.28. The Morgan fingerprint density at radius 3 is 2.20 bits per heavy atom. The van der Waals surface area contributed by atoms with Crippen molar-refractivity contribution in [1.82, 2.24) is 4.57 Å². The number of fused-ring (bicyclic) bond motifs is 1. The van der Waals surface area contributed by atoms with Gasteiger partial charge in [0.1, 0.15) is 0 Å².